The van der Waals surface area contributed by atoms with Crippen molar-refractivity contribution < 1.29 is 28.5 Å². The highest BCUT2D eigenvalue weighted by Gasteiger charge is 2.25. The van der Waals surface area contributed by atoms with Crippen molar-refractivity contribution in [2.45, 2.75) is 0 Å². The monoisotopic (exact) mass is 430 g/mol. The molecule has 1 heterocycles. The van der Waals surface area contributed by atoms with Crippen LogP contribution < -0.4 is 29.0 Å². The van der Waals surface area contributed by atoms with E-state index in [1.807, 2.05) is 0 Å². The SMILES string of the molecule is COc1ccc(N=C2NC(=O)C(=Cc3cc(OC)c(OC)c(OC)c3)S2)c(OC)c1. The second-order valence-corrected chi connectivity index (χ2v) is 7.01. The van der Waals surface area contributed by atoms with Gasteiger partial charge in [-0.25, -0.2) is 4.99 Å². The highest BCUT2D eigenvalue weighted by atomic mass is 32.2. The first-order valence-corrected chi connectivity index (χ1v) is 9.66. The van der Waals surface area contributed by atoms with E-state index in [1.54, 1.807) is 50.6 Å². The molecule has 0 aromatic heterocycles. The van der Waals surface area contributed by atoms with Crippen LogP contribution in [0.5, 0.6) is 28.7 Å². The zero-order valence-corrected chi connectivity index (χ0v) is 18.1. The first-order valence-electron chi connectivity index (χ1n) is 8.84. The van der Waals surface area contributed by atoms with E-state index in [2.05, 4.69) is 10.3 Å². The third-order valence-corrected chi connectivity index (χ3v) is 5.15. The number of nitrogens with zero attached hydrogens (tertiary/aromatic N) is 1. The number of amidine groups is 1. The first-order chi connectivity index (χ1) is 14.5. The largest absolute Gasteiger partial charge is 0.497 e. The number of amides is 1. The van der Waals surface area contributed by atoms with Crippen molar-refractivity contribution in [2.75, 3.05) is 35.5 Å². The summed E-state index contributed by atoms with van der Waals surface area (Å²) in [6.45, 7) is 0. The lowest BCUT2D eigenvalue weighted by atomic mass is 10.1. The normalized spacial score (nSPS) is 15.8. The number of carbonyl (C=O) groups is 1. The lowest BCUT2D eigenvalue weighted by Crippen LogP contribution is -2.19. The Hall–Kier alpha value is -3.33. The van der Waals surface area contributed by atoms with Gasteiger partial charge in [-0.15, -0.1) is 0 Å². The van der Waals surface area contributed by atoms with Crippen molar-refractivity contribution >= 4 is 34.6 Å². The van der Waals surface area contributed by atoms with Crippen LogP contribution in [0.2, 0.25) is 0 Å². The summed E-state index contributed by atoms with van der Waals surface area (Å²) in [5.74, 6) is 2.44. The number of nitrogens with one attached hydrogen (secondary N) is 1. The van der Waals surface area contributed by atoms with Crippen LogP contribution in [0.3, 0.4) is 0 Å². The van der Waals surface area contributed by atoms with Gasteiger partial charge < -0.3 is 29.0 Å². The zero-order valence-electron chi connectivity index (χ0n) is 17.3. The van der Waals surface area contributed by atoms with E-state index in [9.17, 15) is 4.79 Å². The average Bonchev–Trinajstić information content (AvgIpc) is 3.11. The van der Waals surface area contributed by atoms with Gasteiger partial charge in [0.2, 0.25) is 5.75 Å². The van der Waals surface area contributed by atoms with Crippen LogP contribution in [0.15, 0.2) is 40.2 Å². The maximum absolute atomic E-state index is 12.4. The topological polar surface area (TPSA) is 87.6 Å². The average molecular weight is 430 g/mol. The van der Waals surface area contributed by atoms with E-state index in [0.29, 0.717) is 44.5 Å². The molecule has 0 saturated carbocycles. The lowest BCUT2D eigenvalue weighted by molar-refractivity contribution is -0.115. The molecule has 158 valence electrons. The van der Waals surface area contributed by atoms with Gasteiger partial charge in [0.15, 0.2) is 16.7 Å². The molecule has 0 spiro atoms. The smallest absolute Gasteiger partial charge is 0.264 e. The second-order valence-electron chi connectivity index (χ2n) is 5.98. The predicted octanol–water partition coefficient (Wildman–Crippen LogP) is 3.62. The van der Waals surface area contributed by atoms with Gasteiger partial charge in [-0.2, -0.15) is 0 Å². The van der Waals surface area contributed by atoms with E-state index in [-0.39, 0.29) is 5.91 Å². The highest BCUT2D eigenvalue weighted by molar-refractivity contribution is 8.18. The van der Waals surface area contributed by atoms with Gasteiger partial charge in [-0.05, 0) is 47.7 Å². The summed E-state index contributed by atoms with van der Waals surface area (Å²) in [4.78, 5) is 17.4. The van der Waals surface area contributed by atoms with Gasteiger partial charge in [0.05, 0.1) is 40.5 Å². The Morgan fingerprint density at radius 3 is 2.10 bits per heavy atom. The Bertz CT molecular complexity index is 994. The molecule has 2 aromatic carbocycles. The van der Waals surface area contributed by atoms with Gasteiger partial charge in [0.1, 0.15) is 17.2 Å². The molecule has 30 heavy (non-hydrogen) atoms. The molecule has 2 aromatic rings. The predicted molar refractivity (Wildman–Crippen MR) is 116 cm³/mol. The maximum Gasteiger partial charge on any atom is 0.264 e. The van der Waals surface area contributed by atoms with Gasteiger partial charge in [0, 0.05) is 6.07 Å². The van der Waals surface area contributed by atoms with E-state index in [0.717, 1.165) is 5.56 Å². The number of hydrogen-bond donors (Lipinski definition) is 1. The van der Waals surface area contributed by atoms with Gasteiger partial charge in [-0.3, -0.25) is 4.79 Å². The quantitative estimate of drug-likeness (QED) is 0.671. The van der Waals surface area contributed by atoms with Crippen LogP contribution in [0.4, 0.5) is 5.69 Å². The Morgan fingerprint density at radius 2 is 1.53 bits per heavy atom. The minimum atomic E-state index is -0.250. The second kappa shape index (κ2) is 9.45. The number of carbonyl (C=O) groups excluding carboxylic acids is 1. The molecule has 0 bridgehead atoms. The third kappa shape index (κ3) is 4.46. The van der Waals surface area contributed by atoms with Crippen molar-refractivity contribution in [3.63, 3.8) is 0 Å². The first kappa shape index (κ1) is 21.4. The Morgan fingerprint density at radius 1 is 0.867 bits per heavy atom. The van der Waals surface area contributed by atoms with E-state index in [1.165, 1.54) is 33.1 Å². The summed E-state index contributed by atoms with van der Waals surface area (Å²) in [6, 6.07) is 8.80. The van der Waals surface area contributed by atoms with Gasteiger partial charge >= 0.3 is 0 Å². The molecule has 8 nitrogen and oxygen atoms in total. The molecule has 0 unspecified atom stereocenters. The summed E-state index contributed by atoms with van der Waals surface area (Å²) in [7, 11) is 7.74. The minimum Gasteiger partial charge on any atom is -0.497 e. The van der Waals surface area contributed by atoms with Crippen LogP contribution in [-0.2, 0) is 4.79 Å². The van der Waals surface area contributed by atoms with Crippen molar-refractivity contribution in [1.82, 2.24) is 5.32 Å². The van der Waals surface area contributed by atoms with Crippen molar-refractivity contribution in [3.05, 3.63) is 40.8 Å². The molecule has 0 radical (unpaired) electrons. The van der Waals surface area contributed by atoms with Gasteiger partial charge in [0.25, 0.3) is 5.91 Å². The van der Waals surface area contributed by atoms with Crippen molar-refractivity contribution in [2.24, 2.45) is 4.99 Å². The number of aliphatic imine (C=N–C) groups is 1. The molecular weight excluding hydrogens is 408 g/mol. The summed E-state index contributed by atoms with van der Waals surface area (Å²) in [6.07, 6.45) is 1.73. The minimum absolute atomic E-state index is 0.250. The van der Waals surface area contributed by atoms with E-state index < -0.39 is 0 Å². The summed E-state index contributed by atoms with van der Waals surface area (Å²) >= 11 is 1.23. The molecule has 1 N–H and O–H groups in total. The van der Waals surface area contributed by atoms with Crippen LogP contribution in [0.25, 0.3) is 6.08 Å². The highest BCUT2D eigenvalue weighted by Crippen LogP contribution is 2.40. The molecular formula is C21H22N2O6S. The Balaban J connectivity index is 1.91. The fourth-order valence-corrected chi connectivity index (χ4v) is 3.64. The number of benzene rings is 2. The van der Waals surface area contributed by atoms with Gasteiger partial charge in [-0.1, -0.05) is 0 Å². The van der Waals surface area contributed by atoms with Crippen LogP contribution >= 0.6 is 11.8 Å². The molecule has 9 heteroatoms. The summed E-state index contributed by atoms with van der Waals surface area (Å²) < 4.78 is 26.6. The standard InChI is InChI=1S/C21H22N2O6S/c1-25-13-6-7-14(15(11-13)26-2)22-21-23-20(24)18(30-21)10-12-8-16(27-3)19(29-5)17(9-12)28-4/h6-11H,1-5H3,(H,22,23,24). The molecule has 1 amide bonds. The van der Waals surface area contributed by atoms with Crippen LogP contribution in [-0.4, -0.2) is 46.6 Å². The maximum atomic E-state index is 12.4. The van der Waals surface area contributed by atoms with E-state index in [4.69, 9.17) is 23.7 Å². The molecule has 1 fully saturated rings. The number of hydrogen-bond acceptors (Lipinski definition) is 8. The van der Waals surface area contributed by atoms with Crippen molar-refractivity contribution in [1.29, 1.82) is 0 Å². The lowest BCUT2D eigenvalue weighted by Gasteiger charge is -2.12. The Kier molecular flexibility index (Phi) is 6.73. The summed E-state index contributed by atoms with van der Waals surface area (Å²) in [5, 5.41) is 3.21. The summed E-state index contributed by atoms with van der Waals surface area (Å²) in [5.41, 5.74) is 1.31. The number of rotatable bonds is 7. The van der Waals surface area contributed by atoms with E-state index >= 15 is 0 Å². The number of ether oxygens (including phenoxy) is 5. The molecule has 0 aliphatic carbocycles. The van der Waals surface area contributed by atoms with Crippen LogP contribution in [0, 0.1) is 0 Å². The molecule has 1 aliphatic heterocycles. The van der Waals surface area contributed by atoms with Crippen LogP contribution in [0.1, 0.15) is 5.56 Å². The fourth-order valence-electron chi connectivity index (χ4n) is 2.80. The molecule has 1 aliphatic rings. The molecule has 0 atom stereocenters. The number of methoxy groups -OCH3 is 5. The third-order valence-electron chi connectivity index (χ3n) is 4.24. The zero-order chi connectivity index (χ0) is 21.7. The molecule has 3 rings (SSSR count). The fraction of sp³-hybridized carbons (Fsp3) is 0.238. The Labute approximate surface area is 178 Å². The number of thioether (sulfide) groups is 1. The van der Waals surface area contributed by atoms with Crippen molar-refractivity contribution in [3.8, 4) is 28.7 Å². The molecule has 1 saturated heterocycles.